The first kappa shape index (κ1) is 13.9. The van der Waals surface area contributed by atoms with Crippen LogP contribution in [0.3, 0.4) is 0 Å². The monoisotopic (exact) mass is 282 g/mol. The molecule has 2 aromatic rings. The lowest BCUT2D eigenvalue weighted by Crippen LogP contribution is -1.96. The van der Waals surface area contributed by atoms with Crippen molar-refractivity contribution in [3.05, 3.63) is 46.7 Å². The fraction of sp³-hybridized carbons (Fsp3) is 0.286. The van der Waals surface area contributed by atoms with Gasteiger partial charge in [-0.05, 0) is 12.5 Å². The second-order valence-corrected chi connectivity index (χ2v) is 4.57. The quantitative estimate of drug-likeness (QED) is 0.761. The van der Waals surface area contributed by atoms with E-state index in [0.717, 1.165) is 18.5 Å². The minimum absolute atomic E-state index is 0.0143. The highest BCUT2D eigenvalue weighted by molar-refractivity contribution is 6.29. The summed E-state index contributed by atoms with van der Waals surface area (Å²) in [5.41, 5.74) is 1.53. The Balaban J connectivity index is 2.35. The van der Waals surface area contributed by atoms with E-state index in [0.29, 0.717) is 16.5 Å². The van der Waals surface area contributed by atoms with E-state index in [1.54, 1.807) is 18.2 Å². The molecule has 0 radical (unpaired) electrons. The Kier molecular flexibility index (Phi) is 4.43. The summed E-state index contributed by atoms with van der Waals surface area (Å²) in [7, 11) is 0. The molecule has 0 amide bonds. The minimum atomic E-state index is -2.47. The van der Waals surface area contributed by atoms with E-state index >= 15 is 0 Å². The summed E-state index contributed by atoms with van der Waals surface area (Å²) in [6, 6.07) is 7.65. The van der Waals surface area contributed by atoms with Gasteiger partial charge < -0.3 is 0 Å². The third-order valence-corrected chi connectivity index (χ3v) is 2.87. The smallest absolute Gasteiger partial charge is 0.233 e. The van der Waals surface area contributed by atoms with Crippen LogP contribution >= 0.6 is 11.6 Å². The lowest BCUT2D eigenvalue weighted by Gasteiger charge is -2.05. The van der Waals surface area contributed by atoms with Gasteiger partial charge >= 0.3 is 0 Å². The van der Waals surface area contributed by atoms with Gasteiger partial charge in [-0.25, -0.2) is 18.7 Å². The van der Waals surface area contributed by atoms with Crippen LogP contribution in [0, 0.1) is 0 Å². The molecule has 1 aromatic carbocycles. The van der Waals surface area contributed by atoms with Gasteiger partial charge in [0.1, 0.15) is 5.15 Å². The highest BCUT2D eigenvalue weighted by atomic mass is 35.5. The molecule has 0 fully saturated rings. The molecule has 1 heterocycles. The van der Waals surface area contributed by atoms with E-state index in [9.17, 15) is 8.78 Å². The van der Waals surface area contributed by atoms with Crippen molar-refractivity contribution in [2.24, 2.45) is 0 Å². The SMILES string of the molecule is CCCc1cc(Cl)nc(-c2ccc(C(F)F)cc2)n1. The molecule has 0 unspecified atom stereocenters. The van der Waals surface area contributed by atoms with Gasteiger partial charge in [0, 0.05) is 16.8 Å². The molecule has 2 nitrogen and oxygen atoms in total. The van der Waals surface area contributed by atoms with E-state index in [2.05, 4.69) is 9.97 Å². The zero-order chi connectivity index (χ0) is 13.8. The number of aromatic nitrogens is 2. The number of aryl methyl sites for hydroxylation is 1. The Labute approximate surface area is 115 Å². The Hall–Kier alpha value is -1.55. The van der Waals surface area contributed by atoms with Crippen LogP contribution in [0.2, 0.25) is 5.15 Å². The molecule has 0 aliphatic carbocycles. The lowest BCUT2D eigenvalue weighted by molar-refractivity contribution is 0.151. The molecule has 0 bridgehead atoms. The average molecular weight is 283 g/mol. The van der Waals surface area contributed by atoms with Crippen molar-refractivity contribution >= 4 is 11.6 Å². The van der Waals surface area contributed by atoms with Crippen molar-refractivity contribution in [1.29, 1.82) is 0 Å². The zero-order valence-electron chi connectivity index (χ0n) is 10.4. The predicted molar refractivity (Wildman–Crippen MR) is 71.4 cm³/mol. The first-order valence-corrected chi connectivity index (χ1v) is 6.40. The average Bonchev–Trinajstić information content (AvgIpc) is 2.38. The molecular formula is C14H13ClF2N2. The maximum Gasteiger partial charge on any atom is 0.263 e. The summed E-state index contributed by atoms with van der Waals surface area (Å²) in [6.45, 7) is 2.05. The van der Waals surface area contributed by atoms with Gasteiger partial charge in [0.2, 0.25) is 0 Å². The fourth-order valence-electron chi connectivity index (χ4n) is 1.76. The summed E-state index contributed by atoms with van der Waals surface area (Å²) < 4.78 is 25.0. The molecule has 0 saturated heterocycles. The van der Waals surface area contributed by atoms with Crippen molar-refractivity contribution in [2.75, 3.05) is 0 Å². The molecule has 100 valence electrons. The van der Waals surface area contributed by atoms with E-state index in [-0.39, 0.29) is 5.56 Å². The molecule has 5 heteroatoms. The first-order chi connectivity index (χ1) is 9.10. The molecule has 19 heavy (non-hydrogen) atoms. The van der Waals surface area contributed by atoms with Crippen molar-refractivity contribution in [3.8, 4) is 11.4 Å². The van der Waals surface area contributed by atoms with Crippen LogP contribution in [0.1, 0.15) is 31.0 Å². The van der Waals surface area contributed by atoms with E-state index in [1.807, 2.05) is 6.92 Å². The standard InChI is InChI=1S/C14H13ClF2N2/c1-2-3-11-8-12(15)19-14(18-11)10-6-4-9(5-7-10)13(16)17/h4-8,13H,2-3H2,1H3. The molecule has 0 N–H and O–H groups in total. The van der Waals surface area contributed by atoms with E-state index in [4.69, 9.17) is 11.6 Å². The van der Waals surface area contributed by atoms with Crippen LogP contribution in [-0.2, 0) is 6.42 Å². The third-order valence-electron chi connectivity index (χ3n) is 2.67. The number of hydrogen-bond acceptors (Lipinski definition) is 2. The van der Waals surface area contributed by atoms with Gasteiger partial charge in [-0.15, -0.1) is 0 Å². The molecular weight excluding hydrogens is 270 g/mol. The van der Waals surface area contributed by atoms with Crippen molar-refractivity contribution in [3.63, 3.8) is 0 Å². The normalized spacial score (nSPS) is 11.0. The summed E-state index contributed by atoms with van der Waals surface area (Å²) in [5, 5.41) is 0.367. The van der Waals surface area contributed by atoms with Gasteiger partial charge in [-0.2, -0.15) is 0 Å². The van der Waals surface area contributed by atoms with Crippen LogP contribution in [0.5, 0.6) is 0 Å². The van der Waals surface area contributed by atoms with Crippen LogP contribution in [0.25, 0.3) is 11.4 Å². The highest BCUT2D eigenvalue weighted by Crippen LogP contribution is 2.23. The minimum Gasteiger partial charge on any atom is -0.233 e. The number of hydrogen-bond donors (Lipinski definition) is 0. The van der Waals surface area contributed by atoms with Gasteiger partial charge in [0.15, 0.2) is 5.82 Å². The molecule has 1 aromatic heterocycles. The molecule has 0 atom stereocenters. The van der Waals surface area contributed by atoms with Crippen LogP contribution < -0.4 is 0 Å². The maximum absolute atomic E-state index is 12.5. The van der Waals surface area contributed by atoms with Gasteiger partial charge in [-0.3, -0.25) is 0 Å². The summed E-state index contributed by atoms with van der Waals surface area (Å²) in [5.74, 6) is 0.469. The predicted octanol–water partition coefficient (Wildman–Crippen LogP) is 4.69. The van der Waals surface area contributed by atoms with Crippen LogP contribution in [0.15, 0.2) is 30.3 Å². The summed E-state index contributed by atoms with van der Waals surface area (Å²) in [4.78, 5) is 8.51. The summed E-state index contributed by atoms with van der Waals surface area (Å²) in [6.07, 6.45) is -0.702. The lowest BCUT2D eigenvalue weighted by atomic mass is 10.1. The number of rotatable bonds is 4. The van der Waals surface area contributed by atoms with Gasteiger partial charge in [-0.1, -0.05) is 49.2 Å². The van der Waals surface area contributed by atoms with E-state index < -0.39 is 6.43 Å². The maximum atomic E-state index is 12.5. The third kappa shape index (κ3) is 3.47. The van der Waals surface area contributed by atoms with Crippen molar-refractivity contribution in [2.45, 2.75) is 26.2 Å². The zero-order valence-corrected chi connectivity index (χ0v) is 11.2. The van der Waals surface area contributed by atoms with E-state index in [1.165, 1.54) is 12.1 Å². The number of nitrogens with zero attached hydrogens (tertiary/aromatic N) is 2. The molecule has 0 aliphatic heterocycles. The topological polar surface area (TPSA) is 25.8 Å². The number of benzene rings is 1. The van der Waals surface area contributed by atoms with Gasteiger partial charge in [0.25, 0.3) is 6.43 Å². The van der Waals surface area contributed by atoms with Crippen LogP contribution in [0.4, 0.5) is 8.78 Å². The Bertz CT molecular complexity index is 556. The molecule has 0 spiro atoms. The molecule has 0 saturated carbocycles. The molecule has 2 rings (SSSR count). The Morgan fingerprint density at radius 1 is 1.16 bits per heavy atom. The van der Waals surface area contributed by atoms with Gasteiger partial charge in [0.05, 0.1) is 0 Å². The molecule has 0 aliphatic rings. The number of halogens is 3. The van der Waals surface area contributed by atoms with Crippen molar-refractivity contribution in [1.82, 2.24) is 9.97 Å². The second-order valence-electron chi connectivity index (χ2n) is 4.18. The summed E-state index contributed by atoms with van der Waals surface area (Å²) >= 11 is 5.95. The first-order valence-electron chi connectivity index (χ1n) is 6.02. The second kappa shape index (κ2) is 6.06. The number of alkyl halides is 2. The Morgan fingerprint density at radius 2 is 1.84 bits per heavy atom. The van der Waals surface area contributed by atoms with Crippen LogP contribution in [-0.4, -0.2) is 9.97 Å². The van der Waals surface area contributed by atoms with Crippen molar-refractivity contribution < 1.29 is 8.78 Å². The highest BCUT2D eigenvalue weighted by Gasteiger charge is 2.09. The fourth-order valence-corrected chi connectivity index (χ4v) is 1.96. The largest absolute Gasteiger partial charge is 0.263 e. The Morgan fingerprint density at radius 3 is 2.42 bits per heavy atom.